The minimum Gasteiger partial charge on any atom is -0.454 e. The van der Waals surface area contributed by atoms with Gasteiger partial charge in [0.1, 0.15) is 5.76 Å². The predicted molar refractivity (Wildman–Crippen MR) is 88.2 cm³/mol. The zero-order valence-corrected chi connectivity index (χ0v) is 13.3. The molecule has 2 heterocycles. The van der Waals surface area contributed by atoms with Crippen LogP contribution < -0.4 is 10.2 Å². The molecule has 1 aromatic heterocycles. The van der Waals surface area contributed by atoms with Crippen molar-refractivity contribution in [2.24, 2.45) is 0 Å². The van der Waals surface area contributed by atoms with Crippen molar-refractivity contribution < 1.29 is 9.15 Å². The van der Waals surface area contributed by atoms with Crippen LogP contribution in [-0.4, -0.2) is 26.3 Å². The van der Waals surface area contributed by atoms with Crippen LogP contribution in [0.2, 0.25) is 0 Å². The SMILES string of the molecule is Ic1ccc(CNc2ccc(N3CCOCC3)cc2)o1. The van der Waals surface area contributed by atoms with E-state index in [1.165, 1.54) is 5.69 Å². The van der Waals surface area contributed by atoms with E-state index in [2.05, 4.69) is 57.1 Å². The summed E-state index contributed by atoms with van der Waals surface area (Å²) < 4.78 is 11.8. The number of halogens is 1. The standard InChI is InChI=1S/C15H17IN2O2/c16-15-6-5-14(20-15)11-17-12-1-3-13(4-2-12)18-7-9-19-10-8-18/h1-6,17H,7-11H2. The molecule has 0 aliphatic carbocycles. The second kappa shape index (κ2) is 6.49. The van der Waals surface area contributed by atoms with Crippen molar-refractivity contribution in [3.05, 3.63) is 45.9 Å². The predicted octanol–water partition coefficient (Wildman–Crippen LogP) is 3.33. The Morgan fingerprint density at radius 2 is 1.80 bits per heavy atom. The maximum Gasteiger partial charge on any atom is 0.164 e. The summed E-state index contributed by atoms with van der Waals surface area (Å²) in [6, 6.07) is 12.5. The molecule has 1 N–H and O–H groups in total. The molecule has 1 fully saturated rings. The molecule has 20 heavy (non-hydrogen) atoms. The third kappa shape index (κ3) is 3.46. The molecule has 1 aliphatic rings. The van der Waals surface area contributed by atoms with Crippen molar-refractivity contribution in [1.82, 2.24) is 0 Å². The van der Waals surface area contributed by atoms with E-state index in [0.29, 0.717) is 6.54 Å². The van der Waals surface area contributed by atoms with E-state index >= 15 is 0 Å². The van der Waals surface area contributed by atoms with Crippen molar-refractivity contribution in [3.63, 3.8) is 0 Å². The molecular weight excluding hydrogens is 367 g/mol. The van der Waals surface area contributed by atoms with Gasteiger partial charge in [-0.1, -0.05) is 0 Å². The summed E-state index contributed by atoms with van der Waals surface area (Å²) in [5.41, 5.74) is 2.36. The Balaban J connectivity index is 1.58. The number of anilines is 2. The van der Waals surface area contributed by atoms with E-state index in [0.717, 1.165) is 41.5 Å². The van der Waals surface area contributed by atoms with Crippen molar-refractivity contribution >= 4 is 34.0 Å². The van der Waals surface area contributed by atoms with Gasteiger partial charge >= 0.3 is 0 Å². The molecule has 0 amide bonds. The molecule has 1 aromatic carbocycles. The molecule has 0 bridgehead atoms. The summed E-state index contributed by atoms with van der Waals surface area (Å²) in [5.74, 6) is 0.951. The highest BCUT2D eigenvalue weighted by Crippen LogP contribution is 2.20. The van der Waals surface area contributed by atoms with Gasteiger partial charge < -0.3 is 19.4 Å². The Morgan fingerprint density at radius 1 is 1.05 bits per heavy atom. The quantitative estimate of drug-likeness (QED) is 0.821. The Bertz CT molecular complexity index is 547. The van der Waals surface area contributed by atoms with Gasteiger partial charge in [-0.2, -0.15) is 0 Å². The van der Waals surface area contributed by atoms with Gasteiger partial charge in [-0.05, 0) is 59.0 Å². The van der Waals surface area contributed by atoms with Gasteiger partial charge in [0.25, 0.3) is 0 Å². The fourth-order valence-corrected chi connectivity index (χ4v) is 2.71. The van der Waals surface area contributed by atoms with E-state index in [9.17, 15) is 0 Å². The Labute approximate surface area is 132 Å². The van der Waals surface area contributed by atoms with Crippen molar-refractivity contribution in [2.75, 3.05) is 36.5 Å². The second-order valence-electron chi connectivity index (χ2n) is 4.71. The minimum atomic E-state index is 0.708. The molecule has 0 unspecified atom stereocenters. The van der Waals surface area contributed by atoms with Crippen LogP contribution in [0, 0.1) is 3.77 Å². The van der Waals surface area contributed by atoms with E-state index in [1.807, 2.05) is 12.1 Å². The van der Waals surface area contributed by atoms with Crippen LogP contribution in [0.25, 0.3) is 0 Å². The highest BCUT2D eigenvalue weighted by atomic mass is 127. The lowest BCUT2D eigenvalue weighted by molar-refractivity contribution is 0.122. The van der Waals surface area contributed by atoms with Crippen LogP contribution in [0.5, 0.6) is 0 Å². The third-order valence-corrected chi connectivity index (χ3v) is 3.92. The van der Waals surface area contributed by atoms with Crippen LogP contribution in [0.15, 0.2) is 40.8 Å². The molecule has 0 saturated carbocycles. The summed E-state index contributed by atoms with van der Waals surface area (Å²) in [4.78, 5) is 2.35. The zero-order chi connectivity index (χ0) is 13.8. The molecule has 0 atom stereocenters. The highest BCUT2D eigenvalue weighted by molar-refractivity contribution is 14.1. The van der Waals surface area contributed by atoms with Crippen LogP contribution in [0.4, 0.5) is 11.4 Å². The van der Waals surface area contributed by atoms with Gasteiger partial charge in [0.15, 0.2) is 3.77 Å². The lowest BCUT2D eigenvalue weighted by Crippen LogP contribution is -2.36. The number of rotatable bonds is 4. The van der Waals surface area contributed by atoms with Crippen molar-refractivity contribution in [1.29, 1.82) is 0 Å². The Hall–Kier alpha value is -1.21. The van der Waals surface area contributed by atoms with Crippen LogP contribution >= 0.6 is 22.6 Å². The molecule has 3 rings (SSSR count). The number of nitrogens with one attached hydrogen (secondary N) is 1. The first-order valence-corrected chi connectivity index (χ1v) is 7.80. The van der Waals surface area contributed by atoms with Crippen LogP contribution in [0.3, 0.4) is 0 Å². The number of benzene rings is 1. The maximum atomic E-state index is 5.53. The van der Waals surface area contributed by atoms with Gasteiger partial charge in [-0.3, -0.25) is 0 Å². The average molecular weight is 384 g/mol. The number of furan rings is 1. The summed E-state index contributed by atoms with van der Waals surface area (Å²) in [7, 11) is 0. The first-order valence-electron chi connectivity index (χ1n) is 6.72. The van der Waals surface area contributed by atoms with E-state index in [-0.39, 0.29) is 0 Å². The molecule has 0 radical (unpaired) electrons. The largest absolute Gasteiger partial charge is 0.454 e. The number of hydrogen-bond acceptors (Lipinski definition) is 4. The maximum absolute atomic E-state index is 5.53. The molecule has 4 nitrogen and oxygen atoms in total. The van der Waals surface area contributed by atoms with Crippen molar-refractivity contribution in [2.45, 2.75) is 6.54 Å². The first kappa shape index (κ1) is 13.8. The highest BCUT2D eigenvalue weighted by Gasteiger charge is 2.10. The Kier molecular flexibility index (Phi) is 4.47. The van der Waals surface area contributed by atoms with E-state index in [1.54, 1.807) is 0 Å². The van der Waals surface area contributed by atoms with Crippen LogP contribution in [0.1, 0.15) is 5.76 Å². The average Bonchev–Trinajstić information content (AvgIpc) is 2.92. The molecule has 2 aromatic rings. The fraction of sp³-hybridized carbons (Fsp3) is 0.333. The monoisotopic (exact) mass is 384 g/mol. The summed E-state index contributed by atoms with van der Waals surface area (Å²) in [6.45, 7) is 4.28. The van der Waals surface area contributed by atoms with E-state index in [4.69, 9.17) is 9.15 Å². The summed E-state index contributed by atoms with van der Waals surface area (Å²) in [6.07, 6.45) is 0. The summed E-state index contributed by atoms with van der Waals surface area (Å²) >= 11 is 2.17. The van der Waals surface area contributed by atoms with Crippen molar-refractivity contribution in [3.8, 4) is 0 Å². The normalized spacial score (nSPS) is 15.3. The van der Waals surface area contributed by atoms with Gasteiger partial charge in [0.05, 0.1) is 19.8 Å². The van der Waals surface area contributed by atoms with Gasteiger partial charge in [0.2, 0.25) is 0 Å². The topological polar surface area (TPSA) is 37.6 Å². The number of nitrogens with zero attached hydrogens (tertiary/aromatic N) is 1. The van der Waals surface area contributed by atoms with Gasteiger partial charge in [0, 0.05) is 24.5 Å². The van der Waals surface area contributed by atoms with Gasteiger partial charge in [-0.15, -0.1) is 0 Å². The molecule has 0 spiro atoms. The molecule has 1 saturated heterocycles. The third-order valence-electron chi connectivity index (χ3n) is 3.34. The molecule has 5 heteroatoms. The Morgan fingerprint density at radius 3 is 2.45 bits per heavy atom. The summed E-state index contributed by atoms with van der Waals surface area (Å²) in [5, 5.41) is 3.36. The number of ether oxygens (including phenoxy) is 1. The van der Waals surface area contributed by atoms with E-state index < -0.39 is 0 Å². The van der Waals surface area contributed by atoms with Gasteiger partial charge in [-0.25, -0.2) is 0 Å². The molecular formula is C15H17IN2O2. The number of morpholine rings is 1. The minimum absolute atomic E-state index is 0.708. The number of hydrogen-bond donors (Lipinski definition) is 1. The van der Waals surface area contributed by atoms with Crippen LogP contribution in [-0.2, 0) is 11.3 Å². The first-order chi connectivity index (χ1) is 9.81. The second-order valence-corrected chi connectivity index (χ2v) is 5.77. The lowest BCUT2D eigenvalue weighted by atomic mass is 10.2. The molecule has 106 valence electrons. The fourth-order valence-electron chi connectivity index (χ4n) is 2.25. The molecule has 1 aliphatic heterocycles. The smallest absolute Gasteiger partial charge is 0.164 e. The zero-order valence-electron chi connectivity index (χ0n) is 11.1. The lowest BCUT2D eigenvalue weighted by Gasteiger charge is -2.28.